The van der Waals surface area contributed by atoms with E-state index >= 15 is 0 Å². The molecule has 0 spiro atoms. The zero-order valence-electron chi connectivity index (χ0n) is 19.4. The number of hydrogen-bond donors (Lipinski definition) is 0. The molecule has 0 saturated carbocycles. The number of carbonyl (C=O) groups is 4. The number of nitrogens with zero attached hydrogens (tertiary/aromatic N) is 1. The van der Waals surface area contributed by atoms with E-state index in [0.29, 0.717) is 16.1 Å². The number of imide groups is 1. The predicted octanol–water partition coefficient (Wildman–Crippen LogP) is 7.23. The second-order valence-electron chi connectivity index (χ2n) is 8.38. The molecule has 0 aliphatic carbocycles. The van der Waals surface area contributed by atoms with Gasteiger partial charge in [0.1, 0.15) is 0 Å². The molecule has 6 nitrogen and oxygen atoms in total. The number of ether oxygens (including phenoxy) is 1. The van der Waals surface area contributed by atoms with Crippen LogP contribution in [0.4, 0.5) is 5.69 Å². The zero-order chi connectivity index (χ0) is 27.0. The molecule has 0 radical (unpaired) electrons. The van der Waals surface area contributed by atoms with E-state index in [1.54, 1.807) is 54.6 Å². The van der Waals surface area contributed by atoms with Gasteiger partial charge in [0.15, 0.2) is 6.10 Å². The molecular formula is C29H16Cl3NO5. The first-order valence-corrected chi connectivity index (χ1v) is 12.4. The average molecular weight is 565 g/mol. The lowest BCUT2D eigenvalue weighted by atomic mass is 9.99. The average Bonchev–Trinajstić information content (AvgIpc) is 3.16. The van der Waals surface area contributed by atoms with Gasteiger partial charge in [-0.05, 0) is 42.5 Å². The van der Waals surface area contributed by atoms with Crippen molar-refractivity contribution < 1.29 is 23.9 Å². The Hall–Kier alpha value is -3.97. The number of hydrogen-bond acceptors (Lipinski definition) is 5. The molecule has 5 rings (SSSR count). The number of benzene rings is 4. The molecule has 0 bridgehead atoms. The van der Waals surface area contributed by atoms with E-state index in [4.69, 9.17) is 39.5 Å². The summed E-state index contributed by atoms with van der Waals surface area (Å²) in [5, 5.41) is 0.742. The molecule has 0 saturated heterocycles. The number of amides is 2. The molecule has 188 valence electrons. The Morgan fingerprint density at radius 3 is 1.87 bits per heavy atom. The van der Waals surface area contributed by atoms with Crippen molar-refractivity contribution in [3.05, 3.63) is 134 Å². The lowest BCUT2D eigenvalue weighted by Gasteiger charge is -2.19. The van der Waals surface area contributed by atoms with Crippen LogP contribution in [0.15, 0.2) is 91.0 Å². The number of fused-ring (bicyclic) bond motifs is 1. The van der Waals surface area contributed by atoms with Crippen molar-refractivity contribution >= 4 is 64.1 Å². The number of carbonyl (C=O) groups excluding carboxylic acids is 4. The normalized spacial score (nSPS) is 13.3. The number of anilines is 1. The summed E-state index contributed by atoms with van der Waals surface area (Å²) in [5.74, 6) is -2.45. The second kappa shape index (κ2) is 10.4. The highest BCUT2D eigenvalue weighted by Crippen LogP contribution is 2.34. The maximum Gasteiger partial charge on any atom is 0.339 e. The van der Waals surface area contributed by atoms with E-state index in [-0.39, 0.29) is 32.4 Å². The molecule has 9 heteroatoms. The minimum absolute atomic E-state index is 0.0370. The summed E-state index contributed by atoms with van der Waals surface area (Å²) < 4.78 is 5.69. The molecule has 0 fully saturated rings. The number of ketones is 1. The lowest BCUT2D eigenvalue weighted by Crippen LogP contribution is -2.29. The van der Waals surface area contributed by atoms with Crippen molar-refractivity contribution in [2.45, 2.75) is 6.10 Å². The molecule has 1 aliphatic rings. The third-order valence-corrected chi connectivity index (χ3v) is 6.94. The largest absolute Gasteiger partial charge is 0.445 e. The maximum absolute atomic E-state index is 13.3. The van der Waals surface area contributed by atoms with Gasteiger partial charge in [0.05, 0.1) is 32.4 Å². The minimum Gasteiger partial charge on any atom is -0.445 e. The van der Waals surface area contributed by atoms with E-state index < -0.39 is 29.7 Å². The molecule has 2 amide bonds. The third kappa shape index (κ3) is 4.82. The van der Waals surface area contributed by atoms with Gasteiger partial charge < -0.3 is 4.74 Å². The molecule has 0 unspecified atom stereocenters. The summed E-state index contributed by atoms with van der Waals surface area (Å²) in [4.78, 5) is 53.5. The Balaban J connectivity index is 1.45. The molecule has 1 aliphatic heterocycles. The van der Waals surface area contributed by atoms with Gasteiger partial charge in [0, 0.05) is 16.1 Å². The van der Waals surface area contributed by atoms with Gasteiger partial charge in [0.25, 0.3) is 11.8 Å². The molecule has 0 N–H and O–H groups in total. The SMILES string of the molecule is O=C(O[C@H](C(=O)c1ccccc1)c1ccc(Cl)cc1)c1cccc(N2C(=O)c3cc(Cl)c(Cl)cc3C2=O)c1. The van der Waals surface area contributed by atoms with E-state index in [2.05, 4.69) is 0 Å². The standard InChI is InChI=1S/C29H16Cl3NO5/c30-19-11-9-17(10-12-19)26(25(34)16-5-2-1-3-6-16)38-29(37)18-7-4-8-20(13-18)33-27(35)21-14-23(31)24(32)15-22(21)28(33)36/h1-15,26H/t26-/m0/s1. The number of esters is 1. The van der Waals surface area contributed by atoms with Crippen LogP contribution in [0.2, 0.25) is 15.1 Å². The molecule has 1 heterocycles. The highest BCUT2D eigenvalue weighted by Gasteiger charge is 2.38. The van der Waals surface area contributed by atoms with Crippen LogP contribution >= 0.6 is 34.8 Å². The van der Waals surface area contributed by atoms with Crippen LogP contribution in [-0.4, -0.2) is 23.6 Å². The van der Waals surface area contributed by atoms with E-state index in [0.717, 1.165) is 4.90 Å². The second-order valence-corrected chi connectivity index (χ2v) is 9.63. The minimum atomic E-state index is -1.26. The number of halogens is 3. The predicted molar refractivity (Wildman–Crippen MR) is 144 cm³/mol. The Labute approximate surface area is 232 Å². The number of rotatable bonds is 6. The molecule has 0 aromatic heterocycles. The van der Waals surface area contributed by atoms with Crippen LogP contribution in [-0.2, 0) is 4.74 Å². The fraction of sp³-hybridized carbons (Fsp3) is 0.0345. The molecule has 38 heavy (non-hydrogen) atoms. The van der Waals surface area contributed by atoms with Crippen LogP contribution in [0.3, 0.4) is 0 Å². The summed E-state index contributed by atoms with van der Waals surface area (Å²) in [6.45, 7) is 0. The van der Waals surface area contributed by atoms with Crippen LogP contribution in [0, 0.1) is 0 Å². The quantitative estimate of drug-likeness (QED) is 0.140. The van der Waals surface area contributed by atoms with Crippen LogP contribution in [0.5, 0.6) is 0 Å². The Bertz CT molecular complexity index is 1560. The summed E-state index contributed by atoms with van der Waals surface area (Å²) in [7, 11) is 0. The fourth-order valence-electron chi connectivity index (χ4n) is 4.08. The van der Waals surface area contributed by atoms with E-state index in [1.807, 2.05) is 0 Å². The maximum atomic E-state index is 13.3. The summed E-state index contributed by atoms with van der Waals surface area (Å²) >= 11 is 18.1. The molecule has 1 atom stereocenters. The van der Waals surface area contributed by atoms with Gasteiger partial charge in [-0.3, -0.25) is 14.4 Å². The fourth-order valence-corrected chi connectivity index (χ4v) is 4.53. The highest BCUT2D eigenvalue weighted by atomic mass is 35.5. The summed E-state index contributed by atoms with van der Waals surface area (Å²) in [6, 6.07) is 23.3. The van der Waals surface area contributed by atoms with E-state index in [9.17, 15) is 19.2 Å². The molecule has 4 aromatic carbocycles. The Morgan fingerprint density at radius 2 is 1.26 bits per heavy atom. The monoisotopic (exact) mass is 563 g/mol. The van der Waals surface area contributed by atoms with E-state index in [1.165, 1.54) is 36.4 Å². The first-order chi connectivity index (χ1) is 18.2. The van der Waals surface area contributed by atoms with Gasteiger partial charge in [-0.1, -0.05) is 83.3 Å². The molecule has 4 aromatic rings. The van der Waals surface area contributed by atoms with Crippen molar-refractivity contribution in [3.63, 3.8) is 0 Å². The Morgan fingerprint density at radius 1 is 0.684 bits per heavy atom. The van der Waals surface area contributed by atoms with Crippen molar-refractivity contribution in [3.8, 4) is 0 Å². The van der Waals surface area contributed by atoms with Crippen LogP contribution in [0.1, 0.15) is 53.1 Å². The van der Waals surface area contributed by atoms with Gasteiger partial charge in [-0.25, -0.2) is 9.69 Å². The lowest BCUT2D eigenvalue weighted by molar-refractivity contribution is 0.0280. The van der Waals surface area contributed by atoms with Crippen molar-refractivity contribution in [1.29, 1.82) is 0 Å². The topological polar surface area (TPSA) is 80.8 Å². The van der Waals surface area contributed by atoms with Crippen molar-refractivity contribution in [2.75, 3.05) is 4.90 Å². The van der Waals surface area contributed by atoms with Crippen molar-refractivity contribution in [1.82, 2.24) is 0 Å². The number of Topliss-reactive ketones (excluding diaryl/α,β-unsaturated/α-hetero) is 1. The van der Waals surface area contributed by atoms with Gasteiger partial charge >= 0.3 is 5.97 Å². The van der Waals surface area contributed by atoms with Crippen molar-refractivity contribution in [2.24, 2.45) is 0 Å². The van der Waals surface area contributed by atoms with Crippen LogP contribution < -0.4 is 4.90 Å². The summed E-state index contributed by atoms with van der Waals surface area (Å²) in [6.07, 6.45) is -1.26. The van der Waals surface area contributed by atoms with Gasteiger partial charge in [-0.2, -0.15) is 0 Å². The first kappa shape index (κ1) is 25.7. The van der Waals surface area contributed by atoms with Crippen LogP contribution in [0.25, 0.3) is 0 Å². The first-order valence-electron chi connectivity index (χ1n) is 11.3. The van der Waals surface area contributed by atoms with Gasteiger partial charge in [-0.15, -0.1) is 0 Å². The zero-order valence-corrected chi connectivity index (χ0v) is 21.6. The highest BCUT2D eigenvalue weighted by molar-refractivity contribution is 6.44. The molecular weight excluding hydrogens is 549 g/mol. The summed E-state index contributed by atoms with van der Waals surface area (Å²) in [5.41, 5.74) is 1.19. The van der Waals surface area contributed by atoms with Gasteiger partial charge in [0.2, 0.25) is 5.78 Å². The smallest absolute Gasteiger partial charge is 0.339 e. The third-order valence-electron chi connectivity index (χ3n) is 5.96. The Kier molecular flexibility index (Phi) is 7.04.